The van der Waals surface area contributed by atoms with Gasteiger partial charge in [-0.15, -0.1) is 5.10 Å². The number of aromatic nitrogens is 4. The third-order valence-corrected chi connectivity index (χ3v) is 5.81. The Morgan fingerprint density at radius 2 is 1.83 bits per heavy atom. The Hall–Kier alpha value is -4.45. The molecule has 184 valence electrons. The molecule has 12 heteroatoms. The number of hydrogen-bond acceptors (Lipinski definition) is 6. The van der Waals surface area contributed by atoms with Gasteiger partial charge in [-0.2, -0.15) is 17.9 Å². The van der Waals surface area contributed by atoms with Crippen molar-refractivity contribution in [1.82, 2.24) is 25.1 Å². The number of fused-ring (bicyclic) bond motifs is 1. The van der Waals surface area contributed by atoms with Crippen LogP contribution in [0, 0.1) is 0 Å². The molecule has 0 saturated carbocycles. The first-order valence-electron chi connectivity index (χ1n) is 10.9. The van der Waals surface area contributed by atoms with Gasteiger partial charge in [-0.3, -0.25) is 9.78 Å². The summed E-state index contributed by atoms with van der Waals surface area (Å²) in [5.41, 5.74) is 1.11. The second-order valence-electron chi connectivity index (χ2n) is 8.22. The zero-order valence-corrected chi connectivity index (χ0v) is 18.5. The van der Waals surface area contributed by atoms with Crippen molar-refractivity contribution in [3.05, 3.63) is 99.6 Å². The highest BCUT2D eigenvalue weighted by Gasteiger charge is 2.32. The number of carbonyl (C=O) groups excluding carboxylic acids is 1. The summed E-state index contributed by atoms with van der Waals surface area (Å²) >= 11 is 0. The number of hydrogen-bond donors (Lipinski definition) is 4. The van der Waals surface area contributed by atoms with Crippen molar-refractivity contribution in [2.45, 2.75) is 24.7 Å². The maximum atomic E-state index is 12.7. The second kappa shape index (κ2) is 8.96. The smallest absolute Gasteiger partial charge is 0.390 e. The summed E-state index contributed by atoms with van der Waals surface area (Å²) in [6.45, 7) is 0. The molecule has 2 aromatic heterocycles. The molecular weight excluding hydrogens is 477 g/mol. The number of aromatic amines is 1. The molecule has 36 heavy (non-hydrogen) atoms. The van der Waals surface area contributed by atoms with E-state index in [2.05, 4.69) is 25.7 Å². The summed E-state index contributed by atoms with van der Waals surface area (Å²) < 4.78 is 39.0. The summed E-state index contributed by atoms with van der Waals surface area (Å²) in [4.78, 5) is 31.0. The Balaban J connectivity index is 1.26. The van der Waals surface area contributed by atoms with Crippen LogP contribution in [-0.4, -0.2) is 36.9 Å². The van der Waals surface area contributed by atoms with Crippen LogP contribution in [0.3, 0.4) is 0 Å². The molecular formula is C24H19F3N6O3. The normalized spacial score (nSPS) is 17.0. The van der Waals surface area contributed by atoms with Gasteiger partial charge in [0.05, 0.1) is 17.7 Å². The molecule has 4 aromatic rings. The summed E-state index contributed by atoms with van der Waals surface area (Å²) in [5.74, 6) is -0.405. The van der Waals surface area contributed by atoms with Crippen LogP contribution < -0.4 is 16.3 Å². The zero-order chi connectivity index (χ0) is 25.4. The van der Waals surface area contributed by atoms with Crippen LogP contribution in [0.2, 0.25) is 0 Å². The quantitative estimate of drug-likeness (QED) is 0.337. The number of amides is 1. The SMILES string of the molecule is O=C(N[C@@H]1c2ccccc2C[C@@H]1O)c1ccc(Nc2nn(-c3ccc(C(F)(F)F)cn3)c(=O)[nH]2)cc1. The molecule has 0 unspecified atom stereocenters. The Labute approximate surface area is 201 Å². The Morgan fingerprint density at radius 3 is 2.53 bits per heavy atom. The third kappa shape index (κ3) is 4.58. The van der Waals surface area contributed by atoms with E-state index in [1.165, 1.54) is 0 Å². The summed E-state index contributed by atoms with van der Waals surface area (Å²) in [5, 5.41) is 20.1. The molecule has 2 heterocycles. The molecule has 0 spiro atoms. The first kappa shape index (κ1) is 23.3. The lowest BCUT2D eigenvalue weighted by Gasteiger charge is -2.18. The predicted molar refractivity (Wildman–Crippen MR) is 123 cm³/mol. The van der Waals surface area contributed by atoms with Crippen molar-refractivity contribution in [3.63, 3.8) is 0 Å². The number of carbonyl (C=O) groups is 1. The van der Waals surface area contributed by atoms with Crippen molar-refractivity contribution in [3.8, 4) is 5.82 Å². The van der Waals surface area contributed by atoms with E-state index in [0.29, 0.717) is 23.9 Å². The Kier molecular flexibility index (Phi) is 5.80. The van der Waals surface area contributed by atoms with Crippen molar-refractivity contribution in [1.29, 1.82) is 0 Å². The minimum absolute atomic E-state index is 0.0320. The average molecular weight is 496 g/mol. The van der Waals surface area contributed by atoms with Crippen LogP contribution in [0.5, 0.6) is 0 Å². The number of anilines is 2. The maximum Gasteiger partial charge on any atom is 0.417 e. The first-order chi connectivity index (χ1) is 17.2. The van der Waals surface area contributed by atoms with Crippen molar-refractivity contribution in [2.75, 3.05) is 5.32 Å². The summed E-state index contributed by atoms with van der Waals surface area (Å²) in [6.07, 6.45) is -4.16. The lowest BCUT2D eigenvalue weighted by atomic mass is 10.1. The second-order valence-corrected chi connectivity index (χ2v) is 8.22. The number of alkyl halides is 3. The highest BCUT2D eigenvalue weighted by atomic mass is 19.4. The Bertz CT molecular complexity index is 1460. The monoisotopic (exact) mass is 496 g/mol. The number of benzene rings is 2. The standard InChI is InChI=1S/C24H19F3N6O3/c25-24(26,27)15-7-10-19(28-12-15)33-23(36)31-22(32-33)29-16-8-5-13(6-9-16)21(35)30-20-17-4-2-1-3-14(17)11-18(20)34/h1-10,12,18,20,34H,11H2,(H,30,35)(H2,29,31,32,36)/t18-,20+/m0/s1. The first-order valence-corrected chi connectivity index (χ1v) is 10.9. The van der Waals surface area contributed by atoms with Gasteiger partial charge < -0.3 is 15.7 Å². The number of halogens is 3. The van der Waals surface area contributed by atoms with Crippen LogP contribution in [-0.2, 0) is 12.6 Å². The minimum atomic E-state index is -4.54. The number of aliphatic hydroxyl groups is 1. The van der Waals surface area contributed by atoms with Crippen molar-refractivity contribution in [2.24, 2.45) is 0 Å². The van der Waals surface area contributed by atoms with E-state index in [4.69, 9.17) is 0 Å². The molecule has 4 N–H and O–H groups in total. The molecule has 0 saturated heterocycles. The van der Waals surface area contributed by atoms with Crippen LogP contribution >= 0.6 is 0 Å². The van der Waals surface area contributed by atoms with Gasteiger partial charge in [0.25, 0.3) is 5.91 Å². The average Bonchev–Trinajstić information content (AvgIpc) is 3.37. The van der Waals surface area contributed by atoms with E-state index >= 15 is 0 Å². The summed E-state index contributed by atoms with van der Waals surface area (Å²) in [6, 6.07) is 15.2. The number of H-pyrrole nitrogens is 1. The molecule has 0 fully saturated rings. The van der Waals surface area contributed by atoms with E-state index in [1.807, 2.05) is 24.3 Å². The molecule has 1 aliphatic carbocycles. The van der Waals surface area contributed by atoms with Crippen molar-refractivity contribution >= 4 is 17.5 Å². The Morgan fingerprint density at radius 1 is 1.08 bits per heavy atom. The van der Waals surface area contributed by atoms with Crippen molar-refractivity contribution < 1.29 is 23.1 Å². The molecule has 9 nitrogen and oxygen atoms in total. The van der Waals surface area contributed by atoms with Crippen LogP contribution in [0.25, 0.3) is 5.82 Å². The highest BCUT2D eigenvalue weighted by molar-refractivity contribution is 5.95. The van der Waals surface area contributed by atoms with Gasteiger partial charge in [-0.25, -0.2) is 9.78 Å². The van der Waals surface area contributed by atoms with Gasteiger partial charge in [-0.05, 0) is 47.5 Å². The van der Waals surface area contributed by atoms with E-state index in [0.717, 1.165) is 27.9 Å². The lowest BCUT2D eigenvalue weighted by Crippen LogP contribution is -2.33. The van der Waals surface area contributed by atoms with E-state index in [9.17, 15) is 27.9 Å². The zero-order valence-electron chi connectivity index (χ0n) is 18.5. The number of pyridine rings is 1. The maximum absolute atomic E-state index is 12.7. The van der Waals surface area contributed by atoms with E-state index in [-0.39, 0.29) is 17.7 Å². The number of nitrogens with one attached hydrogen (secondary N) is 3. The fraction of sp³-hybridized carbons (Fsp3) is 0.167. The van der Waals surface area contributed by atoms with Crippen LogP contribution in [0.15, 0.2) is 71.7 Å². The molecule has 2 atom stereocenters. The molecule has 0 aliphatic heterocycles. The number of aliphatic hydroxyl groups excluding tert-OH is 1. The van der Waals surface area contributed by atoms with E-state index in [1.54, 1.807) is 24.3 Å². The van der Waals surface area contributed by atoms with Gasteiger partial charge in [0, 0.05) is 23.9 Å². The third-order valence-electron chi connectivity index (χ3n) is 5.81. The van der Waals surface area contributed by atoms with Crippen LogP contribution in [0.4, 0.5) is 24.8 Å². The predicted octanol–water partition coefficient (Wildman–Crippen LogP) is 3.11. The van der Waals surface area contributed by atoms with Gasteiger partial charge in [0.15, 0.2) is 5.82 Å². The fourth-order valence-electron chi connectivity index (χ4n) is 4.03. The van der Waals surface area contributed by atoms with E-state index < -0.39 is 29.6 Å². The van der Waals surface area contributed by atoms with Gasteiger partial charge >= 0.3 is 11.9 Å². The van der Waals surface area contributed by atoms with Gasteiger partial charge in [-0.1, -0.05) is 24.3 Å². The minimum Gasteiger partial charge on any atom is -0.390 e. The summed E-state index contributed by atoms with van der Waals surface area (Å²) in [7, 11) is 0. The lowest BCUT2D eigenvalue weighted by molar-refractivity contribution is -0.137. The topological polar surface area (TPSA) is 125 Å². The molecule has 0 bridgehead atoms. The molecule has 2 aromatic carbocycles. The number of nitrogens with zero attached hydrogens (tertiary/aromatic N) is 3. The molecule has 0 radical (unpaired) electrons. The molecule has 1 amide bonds. The molecule has 5 rings (SSSR count). The number of rotatable bonds is 5. The van der Waals surface area contributed by atoms with Crippen LogP contribution in [0.1, 0.15) is 33.1 Å². The highest BCUT2D eigenvalue weighted by Crippen LogP contribution is 2.31. The van der Waals surface area contributed by atoms with Gasteiger partial charge in [0.2, 0.25) is 5.95 Å². The van der Waals surface area contributed by atoms with Gasteiger partial charge in [0.1, 0.15) is 0 Å². The largest absolute Gasteiger partial charge is 0.417 e. The fourth-order valence-corrected chi connectivity index (χ4v) is 4.03. The molecule has 1 aliphatic rings.